The molecule has 2 fully saturated rings. The third-order valence-corrected chi connectivity index (χ3v) is 3.43. The Bertz CT molecular complexity index is 198. The van der Waals surface area contributed by atoms with Crippen LogP contribution in [0.1, 0.15) is 32.6 Å². The molecule has 2 aliphatic rings. The van der Waals surface area contributed by atoms with Gasteiger partial charge in [-0.1, -0.05) is 6.92 Å². The molecule has 1 saturated carbocycles. The topological polar surface area (TPSA) is 38.5 Å². The Labute approximate surface area is 93.0 Å². The zero-order valence-corrected chi connectivity index (χ0v) is 9.87. The van der Waals surface area contributed by atoms with Crippen LogP contribution in [0.15, 0.2) is 0 Å². The molecule has 0 aromatic heterocycles. The smallest absolute Gasteiger partial charge is 0.0659 e. The molecule has 3 heteroatoms. The summed E-state index contributed by atoms with van der Waals surface area (Å²) in [5.41, 5.74) is 6.25. The normalized spacial score (nSPS) is 31.4. The molecule has 0 aromatic carbocycles. The fourth-order valence-electron chi connectivity index (χ4n) is 2.41. The van der Waals surface area contributed by atoms with Gasteiger partial charge in [0, 0.05) is 19.7 Å². The van der Waals surface area contributed by atoms with Crippen molar-refractivity contribution in [1.29, 1.82) is 0 Å². The van der Waals surface area contributed by atoms with Crippen molar-refractivity contribution in [2.24, 2.45) is 11.7 Å². The van der Waals surface area contributed by atoms with Gasteiger partial charge in [-0.25, -0.2) is 0 Å². The molecule has 15 heavy (non-hydrogen) atoms. The van der Waals surface area contributed by atoms with Crippen LogP contribution in [0.5, 0.6) is 0 Å². The Kier molecular flexibility index (Phi) is 3.65. The van der Waals surface area contributed by atoms with Gasteiger partial charge in [0.1, 0.15) is 0 Å². The van der Waals surface area contributed by atoms with Gasteiger partial charge >= 0.3 is 0 Å². The Hall–Kier alpha value is -0.120. The monoisotopic (exact) mass is 212 g/mol. The van der Waals surface area contributed by atoms with E-state index >= 15 is 0 Å². The Morgan fingerprint density at radius 2 is 2.27 bits per heavy atom. The molecule has 1 atom stereocenters. The number of hydrogen-bond donors (Lipinski definition) is 1. The van der Waals surface area contributed by atoms with Gasteiger partial charge < -0.3 is 15.4 Å². The standard InChI is InChI=1S/C12H24N2O/c1-2-6-14(8-11-3-4-11)9-12(13)5-7-15-10-12/h11H,2-10,13H2,1H3. The summed E-state index contributed by atoms with van der Waals surface area (Å²) in [7, 11) is 0. The molecular formula is C12H24N2O. The maximum Gasteiger partial charge on any atom is 0.0659 e. The zero-order valence-electron chi connectivity index (χ0n) is 9.87. The van der Waals surface area contributed by atoms with Gasteiger partial charge in [0.25, 0.3) is 0 Å². The second-order valence-electron chi connectivity index (χ2n) is 5.34. The fourth-order valence-corrected chi connectivity index (χ4v) is 2.41. The number of nitrogens with zero attached hydrogens (tertiary/aromatic N) is 1. The molecule has 1 aliphatic carbocycles. The van der Waals surface area contributed by atoms with E-state index in [0.717, 1.165) is 32.1 Å². The molecule has 0 aromatic rings. The highest BCUT2D eigenvalue weighted by molar-refractivity contribution is 4.92. The van der Waals surface area contributed by atoms with E-state index in [4.69, 9.17) is 10.5 Å². The van der Waals surface area contributed by atoms with Crippen molar-refractivity contribution < 1.29 is 4.74 Å². The van der Waals surface area contributed by atoms with Crippen LogP contribution in [0.4, 0.5) is 0 Å². The van der Waals surface area contributed by atoms with E-state index in [1.165, 1.54) is 32.4 Å². The van der Waals surface area contributed by atoms with Crippen LogP contribution in [-0.4, -0.2) is 43.3 Å². The minimum absolute atomic E-state index is 0.0654. The van der Waals surface area contributed by atoms with E-state index < -0.39 is 0 Å². The molecule has 0 amide bonds. The van der Waals surface area contributed by atoms with Crippen molar-refractivity contribution in [3.05, 3.63) is 0 Å². The average Bonchev–Trinajstić information content (AvgIpc) is 2.89. The van der Waals surface area contributed by atoms with Crippen molar-refractivity contribution >= 4 is 0 Å². The lowest BCUT2D eigenvalue weighted by molar-refractivity contribution is 0.150. The molecule has 88 valence electrons. The SMILES string of the molecule is CCCN(CC1CC1)CC1(N)CCOC1. The Balaban J connectivity index is 1.80. The highest BCUT2D eigenvalue weighted by Gasteiger charge is 2.34. The van der Waals surface area contributed by atoms with Crippen molar-refractivity contribution in [3.63, 3.8) is 0 Å². The summed E-state index contributed by atoms with van der Waals surface area (Å²) in [6, 6.07) is 0. The molecule has 1 aliphatic heterocycles. The van der Waals surface area contributed by atoms with Gasteiger partial charge in [-0.05, 0) is 38.1 Å². The minimum atomic E-state index is -0.0654. The van der Waals surface area contributed by atoms with Crippen LogP contribution < -0.4 is 5.73 Å². The first-order valence-corrected chi connectivity index (χ1v) is 6.31. The first-order valence-electron chi connectivity index (χ1n) is 6.31. The molecule has 1 unspecified atom stereocenters. The van der Waals surface area contributed by atoms with Gasteiger partial charge in [-0.2, -0.15) is 0 Å². The third kappa shape index (κ3) is 3.44. The average molecular weight is 212 g/mol. The quantitative estimate of drug-likeness (QED) is 0.719. The Morgan fingerprint density at radius 3 is 2.80 bits per heavy atom. The molecule has 0 radical (unpaired) electrons. The summed E-state index contributed by atoms with van der Waals surface area (Å²) in [5, 5.41) is 0. The summed E-state index contributed by atoms with van der Waals surface area (Å²) < 4.78 is 5.41. The molecule has 0 spiro atoms. The summed E-state index contributed by atoms with van der Waals surface area (Å²) in [6.07, 6.45) is 5.10. The van der Waals surface area contributed by atoms with Gasteiger partial charge in [0.2, 0.25) is 0 Å². The predicted octanol–water partition coefficient (Wildman–Crippen LogP) is 1.23. The maximum absolute atomic E-state index is 6.32. The van der Waals surface area contributed by atoms with Crippen molar-refractivity contribution in [1.82, 2.24) is 4.90 Å². The van der Waals surface area contributed by atoms with Crippen LogP contribution in [0.25, 0.3) is 0 Å². The number of hydrogen-bond acceptors (Lipinski definition) is 3. The molecule has 1 heterocycles. The second kappa shape index (κ2) is 4.81. The largest absolute Gasteiger partial charge is 0.379 e. The van der Waals surface area contributed by atoms with Crippen molar-refractivity contribution in [2.45, 2.75) is 38.1 Å². The number of ether oxygens (including phenoxy) is 1. The highest BCUT2D eigenvalue weighted by atomic mass is 16.5. The highest BCUT2D eigenvalue weighted by Crippen LogP contribution is 2.30. The fraction of sp³-hybridized carbons (Fsp3) is 1.00. The predicted molar refractivity (Wildman–Crippen MR) is 61.8 cm³/mol. The molecule has 0 bridgehead atoms. The van der Waals surface area contributed by atoms with Gasteiger partial charge in [-0.15, -0.1) is 0 Å². The summed E-state index contributed by atoms with van der Waals surface area (Å²) >= 11 is 0. The van der Waals surface area contributed by atoms with Crippen molar-refractivity contribution in [2.75, 3.05) is 32.8 Å². The van der Waals surface area contributed by atoms with Crippen molar-refractivity contribution in [3.8, 4) is 0 Å². The molecule has 3 nitrogen and oxygen atoms in total. The molecule has 2 N–H and O–H groups in total. The maximum atomic E-state index is 6.32. The first kappa shape index (κ1) is 11.4. The van der Waals surface area contributed by atoms with E-state index in [0.29, 0.717) is 0 Å². The zero-order chi connectivity index (χ0) is 10.7. The van der Waals surface area contributed by atoms with Crippen LogP contribution in [0.3, 0.4) is 0 Å². The number of nitrogens with two attached hydrogens (primary N) is 1. The van der Waals surface area contributed by atoms with E-state index in [1.807, 2.05) is 0 Å². The molecule has 1 saturated heterocycles. The lowest BCUT2D eigenvalue weighted by Gasteiger charge is -2.31. The summed E-state index contributed by atoms with van der Waals surface area (Å²) in [5.74, 6) is 0.961. The van der Waals surface area contributed by atoms with E-state index in [1.54, 1.807) is 0 Å². The summed E-state index contributed by atoms with van der Waals surface area (Å²) in [4.78, 5) is 2.55. The number of rotatable bonds is 6. The van der Waals surface area contributed by atoms with Gasteiger partial charge in [-0.3, -0.25) is 0 Å². The van der Waals surface area contributed by atoms with Crippen LogP contribution in [0, 0.1) is 5.92 Å². The van der Waals surface area contributed by atoms with E-state index in [-0.39, 0.29) is 5.54 Å². The van der Waals surface area contributed by atoms with Gasteiger partial charge in [0.15, 0.2) is 0 Å². The van der Waals surface area contributed by atoms with Crippen LogP contribution in [0.2, 0.25) is 0 Å². The first-order chi connectivity index (χ1) is 7.22. The molecular weight excluding hydrogens is 188 g/mol. The Morgan fingerprint density at radius 1 is 1.47 bits per heavy atom. The van der Waals surface area contributed by atoms with E-state index in [9.17, 15) is 0 Å². The van der Waals surface area contributed by atoms with Gasteiger partial charge in [0.05, 0.1) is 12.1 Å². The second-order valence-corrected chi connectivity index (χ2v) is 5.34. The lowest BCUT2D eigenvalue weighted by atomic mass is 9.99. The van der Waals surface area contributed by atoms with E-state index in [2.05, 4.69) is 11.8 Å². The lowest BCUT2D eigenvalue weighted by Crippen LogP contribution is -2.51. The van der Waals surface area contributed by atoms with Crippen LogP contribution in [-0.2, 0) is 4.74 Å². The minimum Gasteiger partial charge on any atom is -0.379 e. The third-order valence-electron chi connectivity index (χ3n) is 3.43. The molecule has 2 rings (SSSR count). The summed E-state index contributed by atoms with van der Waals surface area (Å²) in [6.45, 7) is 7.31. The van der Waals surface area contributed by atoms with Crippen LogP contribution >= 0.6 is 0 Å².